The minimum absolute atomic E-state index is 1.12. The zero-order chi connectivity index (χ0) is 37.9. The van der Waals surface area contributed by atoms with E-state index in [2.05, 4.69) is 205 Å². The Morgan fingerprint density at radius 1 is 0.276 bits per heavy atom. The van der Waals surface area contributed by atoms with Crippen LogP contribution in [0.4, 0.5) is 17.1 Å². The summed E-state index contributed by atoms with van der Waals surface area (Å²) in [6, 6.07) is 74.8. The molecule has 0 aliphatic heterocycles. The first-order chi connectivity index (χ1) is 28.7. The molecule has 13 rings (SSSR count). The fraction of sp³-hybridized carbons (Fsp3) is 0. The summed E-state index contributed by atoms with van der Waals surface area (Å²) in [7, 11) is 0. The fourth-order valence-corrected chi connectivity index (χ4v) is 11.1. The number of thiophene rings is 1. The van der Waals surface area contributed by atoms with Crippen LogP contribution in [-0.4, -0.2) is 0 Å². The molecule has 268 valence electrons. The summed E-state index contributed by atoms with van der Waals surface area (Å²) in [5.41, 5.74) is 5.85. The summed E-state index contributed by atoms with van der Waals surface area (Å²) in [5, 5.41) is 20.6. The quantitative estimate of drug-likeness (QED) is 0.162. The average molecular weight is 752 g/mol. The van der Waals surface area contributed by atoms with E-state index in [9.17, 15) is 0 Å². The van der Waals surface area contributed by atoms with Gasteiger partial charge in [-0.2, -0.15) is 0 Å². The van der Waals surface area contributed by atoms with Gasteiger partial charge in [0, 0.05) is 37.2 Å². The highest BCUT2D eigenvalue weighted by Crippen LogP contribution is 2.47. The van der Waals surface area contributed by atoms with Gasteiger partial charge < -0.3 is 4.90 Å². The summed E-state index contributed by atoms with van der Waals surface area (Å²) in [5.74, 6) is 0. The van der Waals surface area contributed by atoms with Gasteiger partial charge in [0.25, 0.3) is 0 Å². The van der Waals surface area contributed by atoms with Crippen LogP contribution < -0.4 is 4.90 Å². The predicted molar refractivity (Wildman–Crippen MR) is 253 cm³/mol. The lowest BCUT2D eigenvalue weighted by atomic mass is 9.87. The van der Waals surface area contributed by atoms with Crippen LogP contribution in [0.2, 0.25) is 0 Å². The van der Waals surface area contributed by atoms with Crippen LogP contribution in [0, 0.1) is 0 Å². The minimum atomic E-state index is 1.12. The average Bonchev–Trinajstić information content (AvgIpc) is 3.65. The van der Waals surface area contributed by atoms with Gasteiger partial charge in [-0.15, -0.1) is 11.3 Å². The first kappa shape index (κ1) is 31.9. The molecule has 0 aliphatic rings. The van der Waals surface area contributed by atoms with Crippen molar-refractivity contribution in [1.29, 1.82) is 0 Å². The van der Waals surface area contributed by atoms with Gasteiger partial charge in [0.1, 0.15) is 0 Å². The summed E-state index contributed by atoms with van der Waals surface area (Å²) in [4.78, 5) is 2.47. The lowest BCUT2D eigenvalue weighted by Crippen LogP contribution is -2.10. The van der Waals surface area contributed by atoms with Gasteiger partial charge in [-0.25, -0.2) is 0 Å². The third-order valence-electron chi connectivity index (χ3n) is 12.5. The summed E-state index contributed by atoms with van der Waals surface area (Å²) in [6.45, 7) is 0. The monoisotopic (exact) mass is 751 g/mol. The standard InChI is InChI=1S/C56H33NS/c1-2-14-43-34(9-1)10-5-16-44(43)35-25-27-40(28-26-35)57(41-29-30-46-45-15-3-4-20-51(45)58-52(46)33-41)42-31-39-24-23-38-12-7-18-48-47-17-6-11-36-21-22-37-13-8-19-49(55(37)53(36)47)50(32-42)56(39)54(38)48/h1-33H. The third kappa shape index (κ3) is 4.58. The third-order valence-corrected chi connectivity index (χ3v) is 13.6. The summed E-state index contributed by atoms with van der Waals surface area (Å²) >= 11 is 1.87. The minimum Gasteiger partial charge on any atom is -0.310 e. The Morgan fingerprint density at radius 3 is 1.52 bits per heavy atom. The van der Waals surface area contributed by atoms with Crippen LogP contribution in [-0.2, 0) is 0 Å². The normalized spacial score (nSPS) is 12.1. The van der Waals surface area contributed by atoms with Gasteiger partial charge in [-0.1, -0.05) is 158 Å². The molecule has 13 aromatic rings. The molecule has 12 aromatic carbocycles. The molecule has 1 nitrogen and oxygen atoms in total. The van der Waals surface area contributed by atoms with Crippen molar-refractivity contribution in [2.24, 2.45) is 0 Å². The lowest BCUT2D eigenvalue weighted by Gasteiger charge is -2.27. The SMILES string of the molecule is c1ccc2c(-c3ccc(N(c4ccc5c(c4)sc4ccccc45)c4cc5ccc6cccc7c8cccc9ccc%10cccc(c(c4)c5c67)c%10c98)cc3)cccc2c1. The number of hydrogen-bond acceptors (Lipinski definition) is 2. The van der Waals surface area contributed by atoms with E-state index in [-0.39, 0.29) is 0 Å². The van der Waals surface area contributed by atoms with E-state index in [0.717, 1.165) is 17.1 Å². The van der Waals surface area contributed by atoms with E-state index in [1.165, 1.54) is 107 Å². The molecule has 1 heterocycles. The van der Waals surface area contributed by atoms with Crippen molar-refractivity contribution in [3.63, 3.8) is 0 Å². The molecule has 0 saturated carbocycles. The summed E-state index contributed by atoms with van der Waals surface area (Å²) < 4.78 is 2.60. The van der Waals surface area contributed by atoms with E-state index in [1.807, 2.05) is 11.3 Å². The van der Waals surface area contributed by atoms with Crippen LogP contribution in [0.25, 0.3) is 107 Å². The number of fused-ring (bicyclic) bond motifs is 6. The van der Waals surface area contributed by atoms with Gasteiger partial charge in [0.05, 0.1) is 0 Å². The Hall–Kier alpha value is -7.26. The maximum absolute atomic E-state index is 2.47. The van der Waals surface area contributed by atoms with Crippen LogP contribution >= 0.6 is 11.3 Å². The van der Waals surface area contributed by atoms with E-state index >= 15 is 0 Å². The molecule has 0 bridgehead atoms. The molecule has 0 amide bonds. The van der Waals surface area contributed by atoms with Crippen LogP contribution in [0.3, 0.4) is 0 Å². The molecule has 0 fully saturated rings. The van der Waals surface area contributed by atoms with Gasteiger partial charge in [-0.05, 0) is 129 Å². The highest BCUT2D eigenvalue weighted by molar-refractivity contribution is 7.25. The van der Waals surface area contributed by atoms with E-state index in [1.54, 1.807) is 0 Å². The molecule has 0 aliphatic carbocycles. The van der Waals surface area contributed by atoms with Gasteiger partial charge in [0.2, 0.25) is 0 Å². The molecule has 0 N–H and O–H groups in total. The fourth-order valence-electron chi connectivity index (χ4n) is 9.97. The van der Waals surface area contributed by atoms with E-state index in [0.29, 0.717) is 0 Å². The summed E-state index contributed by atoms with van der Waals surface area (Å²) in [6.07, 6.45) is 0. The van der Waals surface area contributed by atoms with Gasteiger partial charge >= 0.3 is 0 Å². The van der Waals surface area contributed by atoms with E-state index < -0.39 is 0 Å². The van der Waals surface area contributed by atoms with Crippen molar-refractivity contribution in [3.05, 3.63) is 200 Å². The molecule has 0 unspecified atom stereocenters. The topological polar surface area (TPSA) is 3.24 Å². The van der Waals surface area contributed by atoms with Crippen LogP contribution in [0.1, 0.15) is 0 Å². The Bertz CT molecular complexity index is 3790. The second-order valence-corrected chi connectivity index (χ2v) is 16.7. The smallest absolute Gasteiger partial charge is 0.0476 e. The lowest BCUT2D eigenvalue weighted by molar-refractivity contribution is 1.30. The highest BCUT2D eigenvalue weighted by atomic mass is 32.1. The second-order valence-electron chi connectivity index (χ2n) is 15.6. The molecular weight excluding hydrogens is 719 g/mol. The Labute approximate surface area is 338 Å². The number of anilines is 3. The van der Waals surface area contributed by atoms with E-state index in [4.69, 9.17) is 0 Å². The van der Waals surface area contributed by atoms with Crippen LogP contribution in [0.5, 0.6) is 0 Å². The maximum Gasteiger partial charge on any atom is 0.0476 e. The predicted octanol–water partition coefficient (Wildman–Crippen LogP) is 16.7. The Kier molecular flexibility index (Phi) is 6.66. The maximum atomic E-state index is 2.47. The molecule has 0 saturated heterocycles. The van der Waals surface area contributed by atoms with Crippen molar-refractivity contribution in [2.75, 3.05) is 4.90 Å². The van der Waals surface area contributed by atoms with Crippen molar-refractivity contribution >= 4 is 124 Å². The van der Waals surface area contributed by atoms with Gasteiger partial charge in [0.15, 0.2) is 0 Å². The molecule has 0 spiro atoms. The molecule has 58 heavy (non-hydrogen) atoms. The zero-order valence-electron chi connectivity index (χ0n) is 31.4. The molecule has 1 aromatic heterocycles. The number of nitrogens with zero attached hydrogens (tertiary/aromatic N) is 1. The van der Waals surface area contributed by atoms with Crippen molar-refractivity contribution in [3.8, 4) is 11.1 Å². The second kappa shape index (κ2) is 12.1. The Balaban J connectivity index is 1.13. The first-order valence-electron chi connectivity index (χ1n) is 20.0. The molecule has 0 radical (unpaired) electrons. The van der Waals surface area contributed by atoms with Crippen molar-refractivity contribution in [2.45, 2.75) is 0 Å². The van der Waals surface area contributed by atoms with Crippen molar-refractivity contribution < 1.29 is 0 Å². The zero-order valence-corrected chi connectivity index (χ0v) is 32.2. The largest absolute Gasteiger partial charge is 0.310 e. The number of rotatable bonds is 4. The number of hydrogen-bond donors (Lipinski definition) is 0. The molecule has 2 heteroatoms. The van der Waals surface area contributed by atoms with Gasteiger partial charge in [-0.3, -0.25) is 0 Å². The van der Waals surface area contributed by atoms with Crippen LogP contribution in [0.15, 0.2) is 200 Å². The first-order valence-corrected chi connectivity index (χ1v) is 20.8. The molecular formula is C56H33NS. The molecule has 0 atom stereocenters. The van der Waals surface area contributed by atoms with Crippen molar-refractivity contribution in [1.82, 2.24) is 0 Å². The number of benzene rings is 11. The Morgan fingerprint density at radius 2 is 0.793 bits per heavy atom. The highest BCUT2D eigenvalue weighted by Gasteiger charge is 2.20.